The number of halogens is 3. The summed E-state index contributed by atoms with van der Waals surface area (Å²) in [4.78, 5) is 21.9. The van der Waals surface area contributed by atoms with E-state index in [1.54, 1.807) is 0 Å². The maximum absolute atomic E-state index is 13.3. The molecule has 5 heterocycles. The number of hydrogen-bond donors (Lipinski definition) is 1. The summed E-state index contributed by atoms with van der Waals surface area (Å²) in [7, 11) is 0. The smallest absolute Gasteiger partial charge is 0.354 e. The van der Waals surface area contributed by atoms with Gasteiger partial charge in [0.25, 0.3) is 0 Å². The highest BCUT2D eigenvalue weighted by molar-refractivity contribution is 5.98. The Morgan fingerprint density at radius 3 is 2.74 bits per heavy atom. The van der Waals surface area contributed by atoms with E-state index in [0.29, 0.717) is 31.7 Å². The van der Waals surface area contributed by atoms with Crippen LogP contribution in [0.4, 0.5) is 24.7 Å². The summed E-state index contributed by atoms with van der Waals surface area (Å²) < 4.78 is 41.6. The van der Waals surface area contributed by atoms with Crippen LogP contribution in [0.25, 0.3) is 5.65 Å². The van der Waals surface area contributed by atoms with Gasteiger partial charge in [0, 0.05) is 49.4 Å². The second kappa shape index (κ2) is 7.69. The molecule has 3 aromatic rings. The summed E-state index contributed by atoms with van der Waals surface area (Å²) in [5, 5.41) is 7.98. The van der Waals surface area contributed by atoms with Gasteiger partial charge in [-0.1, -0.05) is 6.07 Å². The van der Waals surface area contributed by atoms with Crippen LogP contribution in [-0.2, 0) is 30.2 Å². The van der Waals surface area contributed by atoms with Crippen LogP contribution < -0.4 is 15.1 Å². The standard InChI is InChI=1S/C24H25F3N6O/c1-14-11-29-33-21(14)30-19-5-8-28-7-4-18(19)22(33)31-12-16(13-31)23(34)32-9-6-15-2-3-17(10-20(15)32)24(25,26)27/h2-3,10-11,16,28H,4-9,12-13H2,1H3. The van der Waals surface area contributed by atoms with Crippen molar-refractivity contribution in [1.29, 1.82) is 0 Å². The first kappa shape index (κ1) is 21.4. The lowest BCUT2D eigenvalue weighted by molar-refractivity contribution is -0.137. The maximum atomic E-state index is 13.3. The molecule has 7 nitrogen and oxygen atoms in total. The lowest BCUT2D eigenvalue weighted by atomic mass is 9.96. The SMILES string of the molecule is Cc1cnn2c(N3CC(C(=O)N4CCc5ccc(C(F)(F)F)cc54)C3)c3c(nc12)CCNCC3. The number of hydrogen-bond acceptors (Lipinski definition) is 5. The third kappa shape index (κ3) is 3.34. The van der Waals surface area contributed by atoms with Crippen LogP contribution in [0.15, 0.2) is 24.4 Å². The van der Waals surface area contributed by atoms with E-state index in [1.165, 1.54) is 11.0 Å². The largest absolute Gasteiger partial charge is 0.416 e. The molecule has 0 aliphatic carbocycles. The molecule has 3 aliphatic rings. The van der Waals surface area contributed by atoms with Gasteiger partial charge in [-0.05, 0) is 44.0 Å². The van der Waals surface area contributed by atoms with Crippen molar-refractivity contribution in [1.82, 2.24) is 19.9 Å². The number of aromatic nitrogens is 3. The lowest BCUT2D eigenvalue weighted by Gasteiger charge is -2.42. The van der Waals surface area contributed by atoms with Crippen LogP contribution in [0.5, 0.6) is 0 Å². The van der Waals surface area contributed by atoms with Crippen LogP contribution in [0, 0.1) is 12.8 Å². The molecule has 1 N–H and O–H groups in total. The molecular formula is C24H25F3N6O. The third-order valence-corrected chi connectivity index (χ3v) is 7.17. The van der Waals surface area contributed by atoms with Crippen molar-refractivity contribution >= 4 is 23.1 Å². The van der Waals surface area contributed by atoms with Crippen molar-refractivity contribution in [2.45, 2.75) is 32.4 Å². The maximum Gasteiger partial charge on any atom is 0.416 e. The predicted octanol–water partition coefficient (Wildman–Crippen LogP) is 2.77. The molecule has 1 aromatic carbocycles. The monoisotopic (exact) mass is 470 g/mol. The fourth-order valence-corrected chi connectivity index (χ4v) is 5.31. The number of amides is 1. The highest BCUT2D eigenvalue weighted by Crippen LogP contribution is 2.38. The minimum Gasteiger partial charge on any atom is -0.354 e. The van der Waals surface area contributed by atoms with Crippen LogP contribution in [0.3, 0.4) is 0 Å². The Labute approximate surface area is 194 Å². The Kier molecular flexibility index (Phi) is 4.84. The molecule has 178 valence electrons. The number of carbonyl (C=O) groups is 1. The normalized spacial score (nSPS) is 18.6. The van der Waals surface area contributed by atoms with E-state index in [-0.39, 0.29) is 11.8 Å². The van der Waals surface area contributed by atoms with E-state index < -0.39 is 11.7 Å². The van der Waals surface area contributed by atoms with Gasteiger partial charge < -0.3 is 15.1 Å². The van der Waals surface area contributed by atoms with Gasteiger partial charge >= 0.3 is 6.18 Å². The quantitative estimate of drug-likeness (QED) is 0.624. The Bertz CT molecular complexity index is 1290. The summed E-state index contributed by atoms with van der Waals surface area (Å²) in [6, 6.07) is 3.71. The summed E-state index contributed by atoms with van der Waals surface area (Å²) in [5.74, 6) is 0.617. The molecule has 0 spiro atoms. The number of fused-ring (bicyclic) bond motifs is 3. The van der Waals surface area contributed by atoms with Gasteiger partial charge in [-0.25, -0.2) is 4.98 Å². The van der Waals surface area contributed by atoms with Gasteiger partial charge in [0.1, 0.15) is 5.82 Å². The Balaban J connectivity index is 1.27. The first-order valence-corrected chi connectivity index (χ1v) is 11.6. The number of rotatable bonds is 2. The molecule has 6 rings (SSSR count). The molecular weight excluding hydrogens is 445 g/mol. The molecule has 0 atom stereocenters. The second-order valence-electron chi connectivity index (χ2n) is 9.36. The predicted molar refractivity (Wildman–Crippen MR) is 121 cm³/mol. The van der Waals surface area contributed by atoms with Gasteiger partial charge in [0.15, 0.2) is 5.65 Å². The van der Waals surface area contributed by atoms with E-state index >= 15 is 0 Å². The summed E-state index contributed by atoms with van der Waals surface area (Å²) in [6.07, 6.45) is -0.368. The Morgan fingerprint density at radius 1 is 1.15 bits per heavy atom. The summed E-state index contributed by atoms with van der Waals surface area (Å²) >= 11 is 0. The Morgan fingerprint density at radius 2 is 1.94 bits per heavy atom. The van der Waals surface area contributed by atoms with Gasteiger partial charge in [0.2, 0.25) is 5.91 Å². The topological polar surface area (TPSA) is 65.8 Å². The average Bonchev–Trinajstić information content (AvgIpc) is 3.27. The minimum absolute atomic E-state index is 0.107. The minimum atomic E-state index is -4.43. The van der Waals surface area contributed by atoms with Gasteiger partial charge in [-0.15, -0.1) is 0 Å². The van der Waals surface area contributed by atoms with Crippen LogP contribution >= 0.6 is 0 Å². The fourth-order valence-electron chi connectivity index (χ4n) is 5.31. The Hall–Kier alpha value is -3.14. The zero-order valence-electron chi connectivity index (χ0n) is 18.8. The first-order valence-electron chi connectivity index (χ1n) is 11.6. The highest BCUT2D eigenvalue weighted by atomic mass is 19.4. The fraction of sp³-hybridized carbons (Fsp3) is 0.458. The number of benzene rings is 1. The average molecular weight is 470 g/mol. The van der Waals surface area contributed by atoms with Crippen molar-refractivity contribution in [3.05, 3.63) is 52.3 Å². The number of aryl methyl sites for hydroxylation is 1. The molecule has 34 heavy (non-hydrogen) atoms. The molecule has 10 heteroatoms. The van der Waals surface area contributed by atoms with E-state index in [2.05, 4.69) is 15.3 Å². The molecule has 2 aromatic heterocycles. The van der Waals surface area contributed by atoms with E-state index in [4.69, 9.17) is 4.98 Å². The zero-order valence-corrected chi connectivity index (χ0v) is 18.8. The molecule has 0 radical (unpaired) electrons. The van der Waals surface area contributed by atoms with Crippen molar-refractivity contribution < 1.29 is 18.0 Å². The molecule has 3 aliphatic heterocycles. The zero-order chi connectivity index (χ0) is 23.6. The van der Waals surface area contributed by atoms with E-state index in [9.17, 15) is 18.0 Å². The number of anilines is 2. The molecule has 0 saturated carbocycles. The molecule has 0 unspecified atom stereocenters. The summed E-state index contributed by atoms with van der Waals surface area (Å²) in [5.41, 5.74) is 4.53. The van der Waals surface area contributed by atoms with Crippen LogP contribution in [0.1, 0.15) is 27.9 Å². The van der Waals surface area contributed by atoms with Gasteiger partial charge in [0.05, 0.1) is 23.4 Å². The number of nitrogens with zero attached hydrogens (tertiary/aromatic N) is 5. The highest BCUT2D eigenvalue weighted by Gasteiger charge is 2.41. The van der Waals surface area contributed by atoms with Crippen molar-refractivity contribution in [3.8, 4) is 0 Å². The molecule has 1 fully saturated rings. The summed E-state index contributed by atoms with van der Waals surface area (Å²) in [6.45, 7) is 5.17. The molecule has 1 saturated heterocycles. The first-order chi connectivity index (χ1) is 16.3. The number of carbonyl (C=O) groups excluding carboxylic acids is 1. The van der Waals surface area contributed by atoms with Crippen molar-refractivity contribution in [2.75, 3.05) is 42.5 Å². The number of alkyl halides is 3. The van der Waals surface area contributed by atoms with Gasteiger partial charge in [-0.3, -0.25) is 4.79 Å². The second-order valence-corrected chi connectivity index (χ2v) is 9.36. The van der Waals surface area contributed by atoms with E-state index in [1.807, 2.05) is 17.6 Å². The van der Waals surface area contributed by atoms with Crippen molar-refractivity contribution in [3.63, 3.8) is 0 Å². The molecule has 0 bridgehead atoms. The van der Waals surface area contributed by atoms with Crippen LogP contribution in [0.2, 0.25) is 0 Å². The van der Waals surface area contributed by atoms with Crippen molar-refractivity contribution in [2.24, 2.45) is 5.92 Å². The van der Waals surface area contributed by atoms with E-state index in [0.717, 1.165) is 71.9 Å². The van der Waals surface area contributed by atoms with Gasteiger partial charge in [-0.2, -0.15) is 22.8 Å². The van der Waals surface area contributed by atoms with Crippen LogP contribution in [-0.4, -0.2) is 53.2 Å². The molecule has 1 amide bonds. The third-order valence-electron chi connectivity index (χ3n) is 7.17. The number of nitrogens with one attached hydrogen (secondary N) is 1. The lowest BCUT2D eigenvalue weighted by Crippen LogP contribution is -2.55.